The lowest BCUT2D eigenvalue weighted by atomic mass is 9.76. The van der Waals surface area contributed by atoms with E-state index in [1.54, 1.807) is 0 Å². The van der Waals surface area contributed by atoms with Gasteiger partial charge in [0.1, 0.15) is 0 Å². The van der Waals surface area contributed by atoms with Crippen molar-refractivity contribution in [3.8, 4) is 0 Å². The highest BCUT2D eigenvalue weighted by Gasteiger charge is 2.31. The van der Waals surface area contributed by atoms with Crippen molar-refractivity contribution in [2.24, 2.45) is 17.8 Å². The molecule has 2 saturated carbocycles. The van der Waals surface area contributed by atoms with Crippen LogP contribution >= 0.6 is 0 Å². The molecular formula is C17H33N. The monoisotopic (exact) mass is 251 g/mol. The molecule has 0 saturated heterocycles. The molecule has 4 unspecified atom stereocenters. The number of rotatable bonds is 4. The third kappa shape index (κ3) is 3.50. The number of hydrogen-bond acceptors (Lipinski definition) is 1. The molecule has 1 N–H and O–H groups in total. The Morgan fingerprint density at radius 2 is 1.50 bits per heavy atom. The van der Waals surface area contributed by atoms with Gasteiger partial charge in [0.2, 0.25) is 0 Å². The Kier molecular flexibility index (Phi) is 5.54. The van der Waals surface area contributed by atoms with E-state index in [-0.39, 0.29) is 0 Å². The minimum atomic E-state index is 0.816. The van der Waals surface area contributed by atoms with Gasteiger partial charge in [0.05, 0.1) is 0 Å². The molecule has 1 heteroatoms. The van der Waals surface area contributed by atoms with E-state index >= 15 is 0 Å². The third-order valence-corrected chi connectivity index (χ3v) is 5.54. The van der Waals surface area contributed by atoms with Gasteiger partial charge < -0.3 is 5.32 Å². The maximum Gasteiger partial charge on any atom is 0.0100 e. The van der Waals surface area contributed by atoms with Gasteiger partial charge in [-0.2, -0.15) is 0 Å². The second-order valence-electron chi connectivity index (χ2n) is 7.02. The van der Waals surface area contributed by atoms with Gasteiger partial charge >= 0.3 is 0 Å². The lowest BCUT2D eigenvalue weighted by Crippen LogP contribution is -2.49. The fraction of sp³-hybridized carbons (Fsp3) is 1.00. The summed E-state index contributed by atoms with van der Waals surface area (Å²) in [7, 11) is 0. The maximum absolute atomic E-state index is 4.09. The molecule has 4 atom stereocenters. The fourth-order valence-corrected chi connectivity index (χ4v) is 4.36. The fourth-order valence-electron chi connectivity index (χ4n) is 4.36. The molecule has 0 aromatic carbocycles. The highest BCUT2D eigenvalue weighted by atomic mass is 15.0. The lowest BCUT2D eigenvalue weighted by Gasteiger charge is -2.41. The van der Waals surface area contributed by atoms with E-state index in [1.807, 2.05) is 0 Å². The van der Waals surface area contributed by atoms with Crippen LogP contribution in [-0.2, 0) is 0 Å². The summed E-state index contributed by atoms with van der Waals surface area (Å²) < 4.78 is 0. The van der Waals surface area contributed by atoms with E-state index in [2.05, 4.69) is 26.1 Å². The smallest absolute Gasteiger partial charge is 0.0100 e. The average Bonchev–Trinajstić information content (AvgIpc) is 2.40. The zero-order valence-corrected chi connectivity index (χ0v) is 12.8. The van der Waals surface area contributed by atoms with Gasteiger partial charge in [0.25, 0.3) is 0 Å². The second-order valence-corrected chi connectivity index (χ2v) is 7.02. The molecule has 18 heavy (non-hydrogen) atoms. The van der Waals surface area contributed by atoms with Crippen molar-refractivity contribution in [3.63, 3.8) is 0 Å². The Hall–Kier alpha value is -0.0400. The van der Waals surface area contributed by atoms with Crippen LogP contribution in [0.1, 0.15) is 78.6 Å². The zero-order chi connectivity index (χ0) is 13.0. The van der Waals surface area contributed by atoms with Crippen LogP contribution in [0.4, 0.5) is 0 Å². The SMILES string of the molecule is CCC1CCCCC1NC1CCCCC1C(C)C. The molecule has 0 bridgehead atoms. The molecule has 0 aromatic heterocycles. The quantitative estimate of drug-likeness (QED) is 0.759. The van der Waals surface area contributed by atoms with Crippen molar-refractivity contribution in [3.05, 3.63) is 0 Å². The Morgan fingerprint density at radius 3 is 2.17 bits per heavy atom. The number of hydrogen-bond donors (Lipinski definition) is 1. The van der Waals surface area contributed by atoms with E-state index in [0.717, 1.165) is 29.8 Å². The maximum atomic E-state index is 4.09. The van der Waals surface area contributed by atoms with Crippen molar-refractivity contribution in [1.29, 1.82) is 0 Å². The highest BCUT2D eigenvalue weighted by molar-refractivity contribution is 4.89. The summed E-state index contributed by atoms with van der Waals surface area (Å²) in [6, 6.07) is 1.64. The predicted molar refractivity (Wildman–Crippen MR) is 79.8 cm³/mol. The Bertz CT molecular complexity index is 236. The Morgan fingerprint density at radius 1 is 0.889 bits per heavy atom. The van der Waals surface area contributed by atoms with Crippen LogP contribution in [0.5, 0.6) is 0 Å². The van der Waals surface area contributed by atoms with Crippen LogP contribution in [-0.4, -0.2) is 12.1 Å². The summed E-state index contributed by atoms with van der Waals surface area (Å²) in [6.45, 7) is 7.22. The van der Waals surface area contributed by atoms with Crippen molar-refractivity contribution in [2.45, 2.75) is 90.6 Å². The number of nitrogens with one attached hydrogen (secondary N) is 1. The van der Waals surface area contributed by atoms with E-state index in [0.29, 0.717) is 0 Å². The van der Waals surface area contributed by atoms with Crippen LogP contribution in [0.15, 0.2) is 0 Å². The van der Waals surface area contributed by atoms with Gasteiger partial charge in [-0.3, -0.25) is 0 Å². The largest absolute Gasteiger partial charge is 0.311 e. The molecule has 0 aromatic rings. The molecule has 1 nitrogen and oxygen atoms in total. The molecule has 0 amide bonds. The minimum Gasteiger partial charge on any atom is -0.311 e. The molecule has 0 heterocycles. The first-order valence-electron chi connectivity index (χ1n) is 8.48. The van der Waals surface area contributed by atoms with Gasteiger partial charge in [-0.05, 0) is 43.4 Å². The predicted octanol–water partition coefficient (Wildman–Crippen LogP) is 4.76. The molecule has 0 radical (unpaired) electrons. The van der Waals surface area contributed by atoms with Crippen LogP contribution in [0.25, 0.3) is 0 Å². The minimum absolute atomic E-state index is 0.816. The van der Waals surface area contributed by atoms with E-state index in [1.165, 1.54) is 57.8 Å². The van der Waals surface area contributed by atoms with Crippen LogP contribution < -0.4 is 5.32 Å². The van der Waals surface area contributed by atoms with Gasteiger partial charge in [-0.15, -0.1) is 0 Å². The summed E-state index contributed by atoms with van der Waals surface area (Å²) in [5, 5.41) is 4.09. The van der Waals surface area contributed by atoms with Gasteiger partial charge in [-0.1, -0.05) is 52.9 Å². The standard InChI is InChI=1S/C17H33N/c1-4-14-9-5-7-11-16(14)18-17-12-8-6-10-15(17)13(2)3/h13-18H,4-12H2,1-3H3. The van der Waals surface area contributed by atoms with Crippen molar-refractivity contribution in [2.75, 3.05) is 0 Å². The van der Waals surface area contributed by atoms with Crippen LogP contribution in [0.2, 0.25) is 0 Å². The van der Waals surface area contributed by atoms with Crippen LogP contribution in [0, 0.1) is 17.8 Å². The lowest BCUT2D eigenvalue weighted by molar-refractivity contribution is 0.154. The molecule has 0 aliphatic heterocycles. The van der Waals surface area contributed by atoms with E-state index in [9.17, 15) is 0 Å². The van der Waals surface area contributed by atoms with Crippen molar-refractivity contribution >= 4 is 0 Å². The Balaban J connectivity index is 1.92. The average molecular weight is 251 g/mol. The first-order valence-corrected chi connectivity index (χ1v) is 8.48. The Labute approximate surface area is 114 Å². The summed E-state index contributed by atoms with van der Waals surface area (Å²) in [5.41, 5.74) is 0. The molecule has 2 aliphatic carbocycles. The zero-order valence-electron chi connectivity index (χ0n) is 12.8. The third-order valence-electron chi connectivity index (χ3n) is 5.54. The second kappa shape index (κ2) is 6.93. The van der Waals surface area contributed by atoms with Crippen molar-refractivity contribution < 1.29 is 0 Å². The first-order chi connectivity index (χ1) is 8.72. The topological polar surface area (TPSA) is 12.0 Å². The van der Waals surface area contributed by atoms with Crippen LogP contribution in [0.3, 0.4) is 0 Å². The van der Waals surface area contributed by atoms with E-state index in [4.69, 9.17) is 0 Å². The normalized spacial score (nSPS) is 38.0. The molecule has 106 valence electrons. The molecule has 2 rings (SSSR count). The summed E-state index contributed by atoms with van der Waals surface area (Å²) in [5.74, 6) is 2.73. The first kappa shape index (κ1) is 14.4. The molecule has 2 fully saturated rings. The van der Waals surface area contributed by atoms with Gasteiger partial charge in [-0.25, -0.2) is 0 Å². The van der Waals surface area contributed by atoms with E-state index < -0.39 is 0 Å². The molecule has 0 spiro atoms. The molecule has 2 aliphatic rings. The van der Waals surface area contributed by atoms with Crippen molar-refractivity contribution in [1.82, 2.24) is 5.32 Å². The van der Waals surface area contributed by atoms with Gasteiger partial charge in [0, 0.05) is 12.1 Å². The molecular weight excluding hydrogens is 218 g/mol. The summed E-state index contributed by atoms with van der Waals surface area (Å²) in [6.07, 6.45) is 13.0. The summed E-state index contributed by atoms with van der Waals surface area (Å²) >= 11 is 0. The van der Waals surface area contributed by atoms with Gasteiger partial charge in [0.15, 0.2) is 0 Å². The summed E-state index contributed by atoms with van der Waals surface area (Å²) in [4.78, 5) is 0. The highest BCUT2D eigenvalue weighted by Crippen LogP contribution is 2.33.